The molecule has 0 saturated carbocycles. The lowest BCUT2D eigenvalue weighted by Crippen LogP contribution is -2.36. The topological polar surface area (TPSA) is 64.3 Å². The molecule has 1 aliphatic rings. The number of furan rings is 1. The minimum Gasteiger partial charge on any atom is -0.487 e. The van der Waals surface area contributed by atoms with E-state index in [9.17, 15) is 4.79 Å². The molecule has 0 fully saturated rings. The maximum absolute atomic E-state index is 11.8. The van der Waals surface area contributed by atoms with Crippen molar-refractivity contribution in [3.05, 3.63) is 52.4 Å². The average Bonchev–Trinajstić information content (AvgIpc) is 3.12. The largest absolute Gasteiger partial charge is 0.487 e. The van der Waals surface area contributed by atoms with Crippen LogP contribution in [0.2, 0.25) is 5.02 Å². The maximum atomic E-state index is 11.8. The number of rotatable bonds is 4. The van der Waals surface area contributed by atoms with Crippen LogP contribution in [0, 0.1) is 13.8 Å². The zero-order valence-electron chi connectivity index (χ0n) is 13.6. The second-order valence-corrected chi connectivity index (χ2v) is 5.91. The summed E-state index contributed by atoms with van der Waals surface area (Å²) in [7, 11) is 0. The van der Waals surface area contributed by atoms with E-state index in [0.717, 1.165) is 11.3 Å². The molecule has 24 heavy (non-hydrogen) atoms. The molecule has 0 radical (unpaired) electrons. The van der Waals surface area contributed by atoms with Crippen molar-refractivity contribution < 1.29 is 18.7 Å². The average molecular weight is 349 g/mol. The Labute approximate surface area is 144 Å². The highest BCUT2D eigenvalue weighted by Gasteiger charge is 2.33. The van der Waals surface area contributed by atoms with E-state index in [-0.39, 0.29) is 18.4 Å². The molecule has 1 amide bonds. The molecule has 0 aliphatic carbocycles. The summed E-state index contributed by atoms with van der Waals surface area (Å²) >= 11 is 5.94. The van der Waals surface area contributed by atoms with Crippen LogP contribution >= 0.6 is 11.6 Å². The highest BCUT2D eigenvalue weighted by molar-refractivity contribution is 6.30. The molecule has 7 heteroatoms. The fourth-order valence-corrected chi connectivity index (χ4v) is 2.56. The number of carbonyl (C=O) groups is 1. The van der Waals surface area contributed by atoms with Crippen LogP contribution in [0.5, 0.6) is 5.75 Å². The molecule has 126 valence electrons. The highest BCUT2D eigenvalue weighted by Crippen LogP contribution is 2.24. The lowest BCUT2D eigenvalue weighted by atomic mass is 10.2. The summed E-state index contributed by atoms with van der Waals surface area (Å²) in [5, 5.41) is 6.07. The minimum atomic E-state index is -0.655. The molecule has 0 N–H and O–H groups in total. The first-order valence-corrected chi connectivity index (χ1v) is 7.82. The third kappa shape index (κ3) is 3.38. The van der Waals surface area contributed by atoms with Crippen molar-refractivity contribution in [3.8, 4) is 5.75 Å². The van der Waals surface area contributed by atoms with Crippen molar-refractivity contribution in [1.29, 1.82) is 0 Å². The molecule has 0 spiro atoms. The number of aryl methyl sites for hydroxylation is 2. The number of amides is 1. The summed E-state index contributed by atoms with van der Waals surface area (Å²) in [5.41, 5.74) is 0.901. The van der Waals surface area contributed by atoms with E-state index in [1.807, 2.05) is 19.9 Å². The smallest absolute Gasteiger partial charge is 0.277 e. The fraction of sp³-hybridized carbons (Fsp3) is 0.294. The molecular weight excluding hydrogens is 332 g/mol. The Morgan fingerprint density at radius 3 is 2.75 bits per heavy atom. The van der Waals surface area contributed by atoms with E-state index in [2.05, 4.69) is 5.10 Å². The molecule has 0 saturated heterocycles. The van der Waals surface area contributed by atoms with Gasteiger partial charge < -0.3 is 13.9 Å². The van der Waals surface area contributed by atoms with Gasteiger partial charge >= 0.3 is 0 Å². The molecule has 1 aromatic heterocycles. The second-order valence-electron chi connectivity index (χ2n) is 5.47. The summed E-state index contributed by atoms with van der Waals surface area (Å²) in [5.74, 6) is 1.91. The summed E-state index contributed by atoms with van der Waals surface area (Å²) in [6.07, 6.45) is -0.655. The van der Waals surface area contributed by atoms with Crippen LogP contribution in [0.3, 0.4) is 0 Å². The number of carbonyl (C=O) groups excluding carboxylic acids is 1. The number of hydrazone groups is 1. The standard InChI is InChI=1S/C17H17ClN2O4/c1-10-8-13(18)5-7-14(10)22-9-16-20(12(3)21)19-17(24-16)15-6-4-11(2)23-15/h4-8,16H,9H2,1-3H3/t16-/m1/s1. The lowest BCUT2D eigenvalue weighted by molar-refractivity contribution is -0.136. The van der Waals surface area contributed by atoms with Gasteiger partial charge in [-0.2, -0.15) is 5.01 Å². The summed E-state index contributed by atoms with van der Waals surface area (Å²) in [4.78, 5) is 11.8. The number of nitrogens with zero attached hydrogens (tertiary/aromatic N) is 2. The van der Waals surface area contributed by atoms with E-state index >= 15 is 0 Å². The van der Waals surface area contributed by atoms with Gasteiger partial charge in [0.15, 0.2) is 5.76 Å². The summed E-state index contributed by atoms with van der Waals surface area (Å²) in [6.45, 7) is 5.27. The minimum absolute atomic E-state index is 0.134. The Hall–Kier alpha value is -2.47. The molecule has 1 aliphatic heterocycles. The van der Waals surface area contributed by atoms with Crippen molar-refractivity contribution in [3.63, 3.8) is 0 Å². The normalized spacial score (nSPS) is 16.8. The Bertz CT molecular complexity index is 800. The van der Waals surface area contributed by atoms with E-state index in [1.54, 1.807) is 24.3 Å². The van der Waals surface area contributed by atoms with Gasteiger partial charge in [0.1, 0.15) is 18.1 Å². The van der Waals surface area contributed by atoms with Gasteiger partial charge in [0.05, 0.1) is 0 Å². The number of halogens is 1. The Kier molecular flexibility index (Phi) is 4.49. The van der Waals surface area contributed by atoms with E-state index < -0.39 is 6.23 Å². The Morgan fingerprint density at radius 1 is 1.33 bits per heavy atom. The number of benzene rings is 1. The second kappa shape index (κ2) is 6.57. The van der Waals surface area contributed by atoms with Gasteiger partial charge in [-0.25, -0.2) is 0 Å². The van der Waals surface area contributed by atoms with Gasteiger partial charge in [0, 0.05) is 11.9 Å². The summed E-state index contributed by atoms with van der Waals surface area (Å²) < 4.78 is 17.0. The lowest BCUT2D eigenvalue weighted by Gasteiger charge is -2.19. The molecule has 0 bridgehead atoms. The monoisotopic (exact) mass is 348 g/mol. The molecule has 0 unspecified atom stereocenters. The molecule has 2 heterocycles. The first-order valence-electron chi connectivity index (χ1n) is 7.45. The molecule has 1 aromatic carbocycles. The van der Waals surface area contributed by atoms with Gasteiger partial charge in [0.25, 0.3) is 5.90 Å². The van der Waals surface area contributed by atoms with Crippen molar-refractivity contribution in [2.45, 2.75) is 27.0 Å². The Morgan fingerprint density at radius 2 is 2.12 bits per heavy atom. The van der Waals surface area contributed by atoms with Crippen LogP contribution in [0.25, 0.3) is 0 Å². The first kappa shape index (κ1) is 16.4. The predicted octanol–water partition coefficient (Wildman–Crippen LogP) is 3.50. The Balaban J connectivity index is 1.72. The number of hydrogen-bond donors (Lipinski definition) is 0. The van der Waals surface area contributed by atoms with Crippen LogP contribution in [-0.4, -0.2) is 29.6 Å². The maximum Gasteiger partial charge on any atom is 0.277 e. The molecular formula is C17H17ClN2O4. The SMILES string of the molecule is CC(=O)N1N=C(c2ccc(C)o2)O[C@@H]1COc1ccc(Cl)cc1C. The zero-order chi connectivity index (χ0) is 17.3. The number of hydrogen-bond acceptors (Lipinski definition) is 5. The third-order valence-electron chi connectivity index (χ3n) is 3.51. The van der Waals surface area contributed by atoms with E-state index in [1.165, 1.54) is 11.9 Å². The van der Waals surface area contributed by atoms with Crippen molar-refractivity contribution >= 4 is 23.4 Å². The van der Waals surface area contributed by atoms with Gasteiger partial charge in [-0.05, 0) is 49.7 Å². The van der Waals surface area contributed by atoms with E-state index in [0.29, 0.717) is 16.5 Å². The molecule has 1 atom stereocenters. The third-order valence-corrected chi connectivity index (χ3v) is 3.75. The van der Waals surface area contributed by atoms with Crippen molar-refractivity contribution in [1.82, 2.24) is 5.01 Å². The number of ether oxygens (including phenoxy) is 2. The van der Waals surface area contributed by atoms with Gasteiger partial charge in [-0.15, -0.1) is 5.10 Å². The van der Waals surface area contributed by atoms with Gasteiger partial charge in [0.2, 0.25) is 12.1 Å². The van der Waals surface area contributed by atoms with Gasteiger partial charge in [-0.3, -0.25) is 4.79 Å². The molecule has 6 nitrogen and oxygen atoms in total. The first-order chi connectivity index (χ1) is 11.4. The van der Waals surface area contributed by atoms with Crippen molar-refractivity contribution in [2.24, 2.45) is 5.10 Å². The van der Waals surface area contributed by atoms with Crippen LogP contribution in [-0.2, 0) is 9.53 Å². The quantitative estimate of drug-likeness (QED) is 0.848. The molecule has 2 aromatic rings. The highest BCUT2D eigenvalue weighted by atomic mass is 35.5. The van der Waals surface area contributed by atoms with Crippen LogP contribution in [0.1, 0.15) is 24.0 Å². The van der Waals surface area contributed by atoms with Gasteiger partial charge in [-0.1, -0.05) is 11.6 Å². The van der Waals surface area contributed by atoms with Crippen LogP contribution in [0.4, 0.5) is 0 Å². The van der Waals surface area contributed by atoms with Crippen molar-refractivity contribution in [2.75, 3.05) is 6.61 Å². The fourth-order valence-electron chi connectivity index (χ4n) is 2.34. The van der Waals surface area contributed by atoms with E-state index in [4.69, 9.17) is 25.5 Å². The predicted molar refractivity (Wildman–Crippen MR) is 89.1 cm³/mol. The summed E-state index contributed by atoms with van der Waals surface area (Å²) in [6, 6.07) is 8.89. The zero-order valence-corrected chi connectivity index (χ0v) is 14.3. The van der Waals surface area contributed by atoms with Crippen LogP contribution < -0.4 is 4.74 Å². The van der Waals surface area contributed by atoms with Crippen LogP contribution in [0.15, 0.2) is 39.9 Å². The molecule has 3 rings (SSSR count).